The lowest BCUT2D eigenvalue weighted by molar-refractivity contribution is 0.959. The second-order valence-corrected chi connectivity index (χ2v) is 4.14. The van der Waals surface area contributed by atoms with Crippen LogP contribution in [0, 0.1) is 6.92 Å². The molecular weight excluding hydrogens is 194 g/mol. The molecule has 3 nitrogen and oxygen atoms in total. The van der Waals surface area contributed by atoms with Crippen molar-refractivity contribution in [1.82, 2.24) is 9.97 Å². The summed E-state index contributed by atoms with van der Waals surface area (Å²) in [6.07, 6.45) is 0.767. The number of aryl methyl sites for hydroxylation is 1. The van der Waals surface area contributed by atoms with Crippen LogP contribution in [0.4, 0.5) is 5.82 Å². The van der Waals surface area contributed by atoms with E-state index in [0.29, 0.717) is 5.82 Å². The highest BCUT2D eigenvalue weighted by molar-refractivity contribution is 7.09. The van der Waals surface area contributed by atoms with Crippen LogP contribution in [0.3, 0.4) is 0 Å². The Hall–Kier alpha value is -1.42. The number of hydrogen-bond donors (Lipinski definition) is 1. The number of nitrogens with two attached hydrogens (primary N) is 1. The predicted molar refractivity (Wildman–Crippen MR) is 58.3 cm³/mol. The van der Waals surface area contributed by atoms with Gasteiger partial charge in [-0.25, -0.2) is 9.97 Å². The van der Waals surface area contributed by atoms with Crippen molar-refractivity contribution in [2.75, 3.05) is 5.73 Å². The van der Waals surface area contributed by atoms with Gasteiger partial charge in [0.2, 0.25) is 0 Å². The van der Waals surface area contributed by atoms with E-state index in [1.807, 2.05) is 13.0 Å². The summed E-state index contributed by atoms with van der Waals surface area (Å²) in [4.78, 5) is 9.77. The van der Waals surface area contributed by atoms with Gasteiger partial charge in [0.25, 0.3) is 0 Å². The highest BCUT2D eigenvalue weighted by atomic mass is 32.1. The van der Waals surface area contributed by atoms with Gasteiger partial charge in [0.15, 0.2) is 0 Å². The summed E-state index contributed by atoms with van der Waals surface area (Å²) >= 11 is 1.71. The maximum Gasteiger partial charge on any atom is 0.136 e. The van der Waals surface area contributed by atoms with Crippen molar-refractivity contribution in [3.05, 3.63) is 40.0 Å². The van der Waals surface area contributed by atoms with Gasteiger partial charge in [-0.05, 0) is 18.4 Å². The van der Waals surface area contributed by atoms with Crippen molar-refractivity contribution in [2.45, 2.75) is 13.3 Å². The lowest BCUT2D eigenvalue weighted by Gasteiger charge is -2.00. The van der Waals surface area contributed by atoms with Crippen LogP contribution in [0.25, 0.3) is 0 Å². The first kappa shape index (κ1) is 9.15. The zero-order valence-electron chi connectivity index (χ0n) is 7.90. The van der Waals surface area contributed by atoms with Gasteiger partial charge >= 0.3 is 0 Å². The Balaban J connectivity index is 2.25. The molecule has 0 atom stereocenters. The fourth-order valence-electron chi connectivity index (χ4n) is 1.30. The number of thiophene rings is 1. The molecule has 0 saturated heterocycles. The van der Waals surface area contributed by atoms with Gasteiger partial charge in [0.05, 0.1) is 0 Å². The summed E-state index contributed by atoms with van der Waals surface area (Å²) < 4.78 is 0. The van der Waals surface area contributed by atoms with Crippen LogP contribution in [0.2, 0.25) is 0 Å². The number of anilines is 1. The van der Waals surface area contributed by atoms with Gasteiger partial charge in [-0.2, -0.15) is 0 Å². The largest absolute Gasteiger partial charge is 0.384 e. The third-order valence-corrected chi connectivity index (χ3v) is 2.71. The minimum atomic E-state index is 0.545. The van der Waals surface area contributed by atoms with Crippen LogP contribution in [-0.2, 0) is 6.42 Å². The lowest BCUT2D eigenvalue weighted by atomic mass is 10.3. The molecular formula is C10H11N3S. The fraction of sp³-hybridized carbons (Fsp3) is 0.200. The van der Waals surface area contributed by atoms with Gasteiger partial charge in [-0.15, -0.1) is 11.3 Å². The molecule has 14 heavy (non-hydrogen) atoms. The Morgan fingerprint density at radius 1 is 1.43 bits per heavy atom. The molecule has 4 heteroatoms. The van der Waals surface area contributed by atoms with Crippen molar-refractivity contribution in [2.24, 2.45) is 0 Å². The normalized spacial score (nSPS) is 10.4. The number of nitrogen functional groups attached to an aromatic ring is 1. The Kier molecular flexibility index (Phi) is 2.45. The minimum Gasteiger partial charge on any atom is -0.384 e. The molecule has 0 radical (unpaired) electrons. The summed E-state index contributed by atoms with van der Waals surface area (Å²) in [5.41, 5.74) is 6.56. The average Bonchev–Trinajstić information content (AvgIpc) is 2.54. The minimum absolute atomic E-state index is 0.545. The van der Waals surface area contributed by atoms with E-state index >= 15 is 0 Å². The first-order valence-electron chi connectivity index (χ1n) is 4.36. The van der Waals surface area contributed by atoms with Crippen LogP contribution in [-0.4, -0.2) is 9.97 Å². The number of hydrogen-bond acceptors (Lipinski definition) is 4. The van der Waals surface area contributed by atoms with E-state index in [1.54, 1.807) is 17.4 Å². The predicted octanol–water partition coefficient (Wildman–Crippen LogP) is 2.02. The number of rotatable bonds is 2. The van der Waals surface area contributed by atoms with Crippen molar-refractivity contribution >= 4 is 17.2 Å². The second-order valence-electron chi connectivity index (χ2n) is 3.11. The molecule has 0 spiro atoms. The monoisotopic (exact) mass is 205 g/mol. The highest BCUT2D eigenvalue weighted by Crippen LogP contribution is 2.13. The molecule has 0 saturated carbocycles. The number of aromatic nitrogens is 2. The molecule has 0 fully saturated rings. The van der Waals surface area contributed by atoms with Crippen molar-refractivity contribution < 1.29 is 0 Å². The van der Waals surface area contributed by atoms with E-state index in [4.69, 9.17) is 5.73 Å². The molecule has 0 aliphatic heterocycles. The maximum absolute atomic E-state index is 5.64. The van der Waals surface area contributed by atoms with Crippen LogP contribution >= 0.6 is 11.3 Å². The van der Waals surface area contributed by atoms with E-state index in [0.717, 1.165) is 17.9 Å². The third-order valence-electron chi connectivity index (χ3n) is 1.83. The van der Waals surface area contributed by atoms with E-state index in [9.17, 15) is 0 Å². The molecule has 2 aromatic rings. The first-order chi connectivity index (χ1) is 6.74. The molecule has 0 aliphatic carbocycles. The molecule has 2 rings (SSSR count). The molecule has 2 N–H and O–H groups in total. The van der Waals surface area contributed by atoms with E-state index in [1.165, 1.54) is 4.88 Å². The average molecular weight is 205 g/mol. The lowest BCUT2D eigenvalue weighted by Crippen LogP contribution is -2.01. The molecule has 0 bridgehead atoms. The maximum atomic E-state index is 5.64. The third kappa shape index (κ3) is 2.09. The van der Waals surface area contributed by atoms with Gasteiger partial charge in [-0.1, -0.05) is 6.07 Å². The SMILES string of the molecule is Cc1cc(N)nc(Cc2cccs2)n1. The zero-order valence-corrected chi connectivity index (χ0v) is 8.71. The molecule has 0 aliphatic rings. The summed E-state index contributed by atoms with van der Waals surface area (Å²) in [6.45, 7) is 1.93. The van der Waals surface area contributed by atoms with Crippen LogP contribution in [0.15, 0.2) is 23.6 Å². The van der Waals surface area contributed by atoms with Crippen LogP contribution in [0.1, 0.15) is 16.4 Å². The molecule has 0 unspecified atom stereocenters. The summed E-state index contributed by atoms with van der Waals surface area (Å²) in [7, 11) is 0. The topological polar surface area (TPSA) is 51.8 Å². The van der Waals surface area contributed by atoms with E-state index in [2.05, 4.69) is 21.4 Å². The van der Waals surface area contributed by atoms with Crippen molar-refractivity contribution in [3.63, 3.8) is 0 Å². The molecule has 2 heterocycles. The zero-order chi connectivity index (χ0) is 9.97. The standard InChI is InChI=1S/C10H11N3S/c1-7-5-9(11)13-10(12-7)6-8-3-2-4-14-8/h2-5H,6H2,1H3,(H2,11,12,13). The Morgan fingerprint density at radius 2 is 2.29 bits per heavy atom. The molecule has 2 aromatic heterocycles. The van der Waals surface area contributed by atoms with Gasteiger partial charge in [-0.3, -0.25) is 0 Å². The Morgan fingerprint density at radius 3 is 2.93 bits per heavy atom. The highest BCUT2D eigenvalue weighted by Gasteiger charge is 2.02. The quantitative estimate of drug-likeness (QED) is 0.816. The fourth-order valence-corrected chi connectivity index (χ4v) is 2.01. The van der Waals surface area contributed by atoms with Gasteiger partial charge in [0.1, 0.15) is 11.6 Å². The summed E-state index contributed by atoms with van der Waals surface area (Å²) in [6, 6.07) is 5.88. The van der Waals surface area contributed by atoms with Crippen LogP contribution < -0.4 is 5.73 Å². The summed E-state index contributed by atoms with van der Waals surface area (Å²) in [5.74, 6) is 1.34. The molecule has 0 aromatic carbocycles. The van der Waals surface area contributed by atoms with Crippen molar-refractivity contribution in [1.29, 1.82) is 0 Å². The first-order valence-corrected chi connectivity index (χ1v) is 5.24. The Bertz CT molecular complexity index is 403. The van der Waals surface area contributed by atoms with Crippen molar-refractivity contribution in [3.8, 4) is 0 Å². The Labute approximate surface area is 86.6 Å². The van der Waals surface area contributed by atoms with E-state index < -0.39 is 0 Å². The molecule has 0 amide bonds. The number of nitrogens with zero attached hydrogens (tertiary/aromatic N) is 2. The van der Waals surface area contributed by atoms with Gasteiger partial charge < -0.3 is 5.73 Å². The summed E-state index contributed by atoms with van der Waals surface area (Å²) in [5, 5.41) is 2.05. The van der Waals surface area contributed by atoms with E-state index in [-0.39, 0.29) is 0 Å². The van der Waals surface area contributed by atoms with Crippen LogP contribution in [0.5, 0.6) is 0 Å². The second kappa shape index (κ2) is 3.75. The molecule has 72 valence electrons. The van der Waals surface area contributed by atoms with Gasteiger partial charge in [0, 0.05) is 23.1 Å². The smallest absolute Gasteiger partial charge is 0.136 e.